The Morgan fingerprint density at radius 3 is 1.64 bits per heavy atom. The van der Waals surface area contributed by atoms with Gasteiger partial charge in [-0.1, -0.05) is 122 Å². The van der Waals surface area contributed by atoms with E-state index in [-0.39, 0.29) is 42.7 Å². The Morgan fingerprint density at radius 1 is 0.638 bits per heavy atom. The normalized spacial score (nSPS) is 13.3. The van der Waals surface area contributed by atoms with E-state index in [1.165, 1.54) is 64.2 Å². The zero-order valence-corrected chi connectivity index (χ0v) is 30.9. The van der Waals surface area contributed by atoms with E-state index in [9.17, 15) is 19.5 Å². The number of rotatable bonds is 33. The Morgan fingerprint density at radius 2 is 1.11 bits per heavy atom. The molecule has 0 fully saturated rings. The third-order valence-corrected chi connectivity index (χ3v) is 8.37. The van der Waals surface area contributed by atoms with Gasteiger partial charge in [0.2, 0.25) is 0 Å². The Bertz CT molecular complexity index is 834. The third-order valence-electron chi connectivity index (χ3n) is 8.37. The second-order valence-corrected chi connectivity index (χ2v) is 13.8. The second kappa shape index (κ2) is 31.1. The Hall–Kier alpha value is -2.19. The minimum absolute atomic E-state index is 0.0385. The molecule has 8 nitrogen and oxygen atoms in total. The van der Waals surface area contributed by atoms with E-state index >= 15 is 0 Å². The minimum Gasteiger partial charge on any atom is -0.544 e. The van der Waals surface area contributed by atoms with Gasteiger partial charge >= 0.3 is 11.9 Å². The fourth-order valence-electron chi connectivity index (χ4n) is 5.35. The lowest BCUT2D eigenvalue weighted by molar-refractivity contribution is -0.889. The molecule has 0 aromatic rings. The summed E-state index contributed by atoms with van der Waals surface area (Å²) in [7, 11) is 5.39. The Balaban J connectivity index is 4.42. The van der Waals surface area contributed by atoms with Gasteiger partial charge in [-0.3, -0.25) is 9.59 Å². The van der Waals surface area contributed by atoms with Crippen LogP contribution >= 0.6 is 0 Å². The molecule has 0 saturated heterocycles. The summed E-state index contributed by atoms with van der Waals surface area (Å²) in [6.07, 6.45) is 30.6. The molecular formula is C39H71NO7. The van der Waals surface area contributed by atoms with E-state index in [2.05, 4.69) is 38.2 Å². The molecule has 274 valence electrons. The van der Waals surface area contributed by atoms with Crippen LogP contribution in [0.3, 0.4) is 0 Å². The van der Waals surface area contributed by atoms with Crippen LogP contribution in [0.25, 0.3) is 0 Å². The number of unbranched alkanes of at least 4 members (excludes halogenated alkanes) is 16. The molecule has 0 aliphatic heterocycles. The molecule has 0 heterocycles. The number of hydrogen-bond donors (Lipinski definition) is 0. The summed E-state index contributed by atoms with van der Waals surface area (Å²) >= 11 is 0. The van der Waals surface area contributed by atoms with Crippen LogP contribution in [-0.4, -0.2) is 75.5 Å². The van der Waals surface area contributed by atoms with E-state index in [1.807, 2.05) is 0 Å². The highest BCUT2D eigenvalue weighted by molar-refractivity contribution is 5.70. The average Bonchev–Trinajstić information content (AvgIpc) is 3.01. The highest BCUT2D eigenvalue weighted by Crippen LogP contribution is 2.13. The quantitative estimate of drug-likeness (QED) is 0.0303. The maximum Gasteiger partial charge on any atom is 0.306 e. The van der Waals surface area contributed by atoms with Crippen LogP contribution in [0.15, 0.2) is 24.3 Å². The third kappa shape index (κ3) is 29.7. The van der Waals surface area contributed by atoms with Gasteiger partial charge in [-0.2, -0.15) is 0 Å². The summed E-state index contributed by atoms with van der Waals surface area (Å²) in [6.45, 7) is 4.57. The van der Waals surface area contributed by atoms with Crippen molar-refractivity contribution in [3.05, 3.63) is 24.3 Å². The van der Waals surface area contributed by atoms with E-state index in [0.29, 0.717) is 12.8 Å². The Labute approximate surface area is 288 Å². The van der Waals surface area contributed by atoms with Crippen LogP contribution in [0.5, 0.6) is 0 Å². The number of carbonyl (C=O) groups excluding carboxylic acids is 3. The number of ether oxygens (including phenoxy) is 3. The number of carboxylic acids is 1. The van der Waals surface area contributed by atoms with Crippen molar-refractivity contribution >= 4 is 17.9 Å². The number of carboxylic acid groups (broad SMARTS) is 1. The van der Waals surface area contributed by atoms with Crippen LogP contribution in [0.4, 0.5) is 0 Å². The summed E-state index contributed by atoms with van der Waals surface area (Å²) in [5.41, 5.74) is 0. The molecule has 0 rings (SSSR count). The highest BCUT2D eigenvalue weighted by Gasteiger charge is 2.25. The first-order valence-corrected chi connectivity index (χ1v) is 18.9. The summed E-state index contributed by atoms with van der Waals surface area (Å²) in [6, 6.07) is -0.723. The number of esters is 2. The molecule has 0 bridgehead atoms. The van der Waals surface area contributed by atoms with Crippen LogP contribution < -0.4 is 5.11 Å². The van der Waals surface area contributed by atoms with Crippen molar-refractivity contribution in [1.29, 1.82) is 0 Å². The topological polar surface area (TPSA) is 102 Å². The van der Waals surface area contributed by atoms with Crippen LogP contribution in [-0.2, 0) is 28.6 Å². The van der Waals surface area contributed by atoms with Crippen molar-refractivity contribution in [2.24, 2.45) is 0 Å². The first kappa shape index (κ1) is 44.8. The van der Waals surface area contributed by atoms with Gasteiger partial charge in [0.15, 0.2) is 6.10 Å². The number of nitrogens with zero attached hydrogens (tertiary/aromatic N) is 1. The lowest BCUT2D eigenvalue weighted by Crippen LogP contribution is -2.55. The number of hydrogen-bond acceptors (Lipinski definition) is 7. The molecule has 47 heavy (non-hydrogen) atoms. The summed E-state index contributed by atoms with van der Waals surface area (Å²) in [5, 5.41) is 11.6. The number of carbonyl (C=O) groups is 3. The SMILES string of the molecule is CCCCC/C=C/C=C/CCCCCCCCC(=O)OC(COCCC(C(=O)[O-])[N+](C)(C)C)COC(=O)CCCCCCCCCC. The van der Waals surface area contributed by atoms with E-state index < -0.39 is 18.1 Å². The number of quaternary nitrogens is 1. The van der Waals surface area contributed by atoms with E-state index in [4.69, 9.17) is 14.2 Å². The number of aliphatic carboxylic acids is 1. The number of likely N-dealkylation sites (N-methyl/N-ethyl adjacent to an activating group) is 1. The smallest absolute Gasteiger partial charge is 0.306 e. The molecule has 0 saturated carbocycles. The molecule has 0 aromatic heterocycles. The molecule has 2 atom stereocenters. The van der Waals surface area contributed by atoms with Crippen LogP contribution in [0.1, 0.15) is 155 Å². The molecule has 0 radical (unpaired) electrons. The van der Waals surface area contributed by atoms with Gasteiger partial charge in [0.25, 0.3) is 0 Å². The minimum atomic E-state index is -1.13. The molecular weight excluding hydrogens is 594 g/mol. The molecule has 8 heteroatoms. The van der Waals surface area contributed by atoms with Gasteiger partial charge in [0.05, 0.1) is 40.3 Å². The molecule has 2 unspecified atom stereocenters. The van der Waals surface area contributed by atoms with Crippen molar-refractivity contribution in [3.8, 4) is 0 Å². The zero-order chi connectivity index (χ0) is 35.0. The van der Waals surface area contributed by atoms with Gasteiger partial charge in [-0.05, 0) is 38.5 Å². The Kier molecular flexibility index (Phi) is 29.7. The standard InChI is InChI=1S/C39H71NO7/c1-6-8-10-12-14-16-17-18-19-20-21-22-24-26-28-30-38(42)47-35(33-45-32-31-36(39(43)44)40(3,4)5)34-46-37(41)29-27-25-23-15-13-11-9-7-2/h14,16-18,35-36H,6-13,15,19-34H2,1-5H3/b16-14+,18-17+. The first-order chi connectivity index (χ1) is 22.6. The fraction of sp³-hybridized carbons (Fsp3) is 0.821. The van der Waals surface area contributed by atoms with E-state index in [1.54, 1.807) is 21.1 Å². The maximum atomic E-state index is 12.6. The van der Waals surface area contributed by atoms with Crippen molar-refractivity contribution in [2.45, 2.75) is 167 Å². The summed E-state index contributed by atoms with van der Waals surface area (Å²) < 4.78 is 17.0. The van der Waals surface area contributed by atoms with Crippen molar-refractivity contribution in [3.63, 3.8) is 0 Å². The molecule has 0 aliphatic rings. The maximum absolute atomic E-state index is 12.6. The van der Waals surface area contributed by atoms with Crippen LogP contribution in [0, 0.1) is 0 Å². The van der Waals surface area contributed by atoms with Gasteiger partial charge in [-0.15, -0.1) is 0 Å². The van der Waals surface area contributed by atoms with Gasteiger partial charge < -0.3 is 28.6 Å². The molecule has 0 aromatic carbocycles. The lowest BCUT2D eigenvalue weighted by atomic mass is 10.1. The van der Waals surface area contributed by atoms with Crippen molar-refractivity contribution in [2.75, 3.05) is 41.0 Å². The predicted octanol–water partition coefficient (Wildman–Crippen LogP) is 8.02. The first-order valence-electron chi connectivity index (χ1n) is 18.9. The number of allylic oxidation sites excluding steroid dienone is 4. The van der Waals surface area contributed by atoms with Crippen molar-refractivity contribution in [1.82, 2.24) is 0 Å². The lowest BCUT2D eigenvalue weighted by Gasteiger charge is -2.34. The molecule has 0 amide bonds. The van der Waals surface area contributed by atoms with Gasteiger partial charge in [-0.25, -0.2) is 0 Å². The second-order valence-electron chi connectivity index (χ2n) is 13.8. The molecule has 0 N–H and O–H groups in total. The summed E-state index contributed by atoms with van der Waals surface area (Å²) in [5.74, 6) is -1.75. The highest BCUT2D eigenvalue weighted by atomic mass is 16.6. The van der Waals surface area contributed by atoms with Gasteiger partial charge in [0, 0.05) is 19.3 Å². The molecule has 0 spiro atoms. The van der Waals surface area contributed by atoms with Crippen molar-refractivity contribution < 1.29 is 38.2 Å². The average molecular weight is 666 g/mol. The predicted molar refractivity (Wildman–Crippen MR) is 190 cm³/mol. The van der Waals surface area contributed by atoms with E-state index in [0.717, 1.165) is 57.8 Å². The molecule has 0 aliphatic carbocycles. The van der Waals surface area contributed by atoms with Crippen LogP contribution in [0.2, 0.25) is 0 Å². The monoisotopic (exact) mass is 666 g/mol. The largest absolute Gasteiger partial charge is 0.544 e. The van der Waals surface area contributed by atoms with Gasteiger partial charge in [0.1, 0.15) is 12.6 Å². The zero-order valence-electron chi connectivity index (χ0n) is 30.9. The summed E-state index contributed by atoms with van der Waals surface area (Å²) in [4.78, 5) is 36.5. The fourth-order valence-corrected chi connectivity index (χ4v) is 5.35.